The topological polar surface area (TPSA) is 45.7 Å². The number of hydrogen-bond acceptors (Lipinski definition) is 2. The van der Waals surface area contributed by atoms with Gasteiger partial charge in [0.05, 0.1) is 13.2 Å². The van der Waals surface area contributed by atoms with Crippen LogP contribution in [0.5, 0.6) is 0 Å². The van der Waals surface area contributed by atoms with Crippen molar-refractivity contribution in [1.82, 2.24) is 10.6 Å². The highest BCUT2D eigenvalue weighted by molar-refractivity contribution is 14.0. The molecule has 1 aromatic rings. The third-order valence-electron chi connectivity index (χ3n) is 4.85. The van der Waals surface area contributed by atoms with Crippen LogP contribution >= 0.6 is 24.0 Å². The highest BCUT2D eigenvalue weighted by Gasteiger charge is 2.43. The van der Waals surface area contributed by atoms with Gasteiger partial charge >= 0.3 is 0 Å². The summed E-state index contributed by atoms with van der Waals surface area (Å²) in [6, 6.07) is 10.8. The lowest BCUT2D eigenvalue weighted by molar-refractivity contribution is 0.153. The minimum Gasteiger partial charge on any atom is -0.377 e. The molecule has 0 unspecified atom stereocenters. The van der Waals surface area contributed by atoms with Gasteiger partial charge in [-0.3, -0.25) is 4.99 Å². The Bertz CT molecular complexity index is 567. The van der Waals surface area contributed by atoms with Crippen LogP contribution in [0.4, 0.5) is 0 Å². The summed E-state index contributed by atoms with van der Waals surface area (Å²) in [5.74, 6) is 0.903. The van der Waals surface area contributed by atoms with E-state index >= 15 is 0 Å². The smallest absolute Gasteiger partial charge is 0.191 e. The second-order valence-electron chi connectivity index (χ2n) is 6.44. The lowest BCUT2D eigenvalue weighted by atomic mass is 9.96. The van der Waals surface area contributed by atoms with Crippen molar-refractivity contribution >= 4 is 29.9 Å². The van der Waals surface area contributed by atoms with Gasteiger partial charge in [0.1, 0.15) is 0 Å². The Labute approximate surface area is 162 Å². The van der Waals surface area contributed by atoms with Crippen LogP contribution in [-0.4, -0.2) is 39.3 Å². The van der Waals surface area contributed by atoms with E-state index in [1.807, 2.05) is 7.05 Å². The maximum absolute atomic E-state index is 5.34. The van der Waals surface area contributed by atoms with E-state index in [9.17, 15) is 0 Å². The van der Waals surface area contributed by atoms with Crippen molar-refractivity contribution in [2.24, 2.45) is 4.99 Å². The SMILES string of the molecule is CN=C(NCCC1=CCOCC1)NCC1(c2ccccc2)CC1.I. The summed E-state index contributed by atoms with van der Waals surface area (Å²) in [5.41, 5.74) is 3.24. The standard InChI is InChI=1S/C19H27N3O.HI/c1-20-18(21-12-7-16-8-13-23-14-9-16)22-15-19(10-11-19)17-5-3-2-4-6-17;/h2-6,8H,7,9-15H2,1H3,(H2,20,21,22);1H. The molecule has 132 valence electrons. The van der Waals surface area contributed by atoms with E-state index in [0.29, 0.717) is 5.41 Å². The van der Waals surface area contributed by atoms with Gasteiger partial charge < -0.3 is 15.4 Å². The van der Waals surface area contributed by atoms with Gasteiger partial charge in [0.2, 0.25) is 0 Å². The van der Waals surface area contributed by atoms with E-state index in [2.05, 4.69) is 52.0 Å². The zero-order valence-electron chi connectivity index (χ0n) is 14.4. The summed E-state index contributed by atoms with van der Waals surface area (Å²) in [5, 5.41) is 6.93. The van der Waals surface area contributed by atoms with Crippen LogP contribution in [0.3, 0.4) is 0 Å². The summed E-state index contributed by atoms with van der Waals surface area (Å²) in [6.07, 6.45) is 6.84. The first-order chi connectivity index (χ1) is 11.3. The number of guanidine groups is 1. The van der Waals surface area contributed by atoms with Crippen LogP contribution in [0.25, 0.3) is 0 Å². The number of rotatable bonds is 6. The third-order valence-corrected chi connectivity index (χ3v) is 4.85. The second kappa shape index (κ2) is 9.42. The number of nitrogens with zero attached hydrogens (tertiary/aromatic N) is 1. The molecule has 24 heavy (non-hydrogen) atoms. The summed E-state index contributed by atoms with van der Waals surface area (Å²) in [6.45, 7) is 3.50. The van der Waals surface area contributed by atoms with E-state index in [-0.39, 0.29) is 24.0 Å². The lowest BCUT2D eigenvalue weighted by Crippen LogP contribution is -2.41. The zero-order chi connectivity index (χ0) is 16.0. The quantitative estimate of drug-likeness (QED) is 0.309. The minimum atomic E-state index is 0. The third kappa shape index (κ3) is 5.21. The number of nitrogens with one attached hydrogen (secondary N) is 2. The second-order valence-corrected chi connectivity index (χ2v) is 6.44. The number of aliphatic imine (C=N–C) groups is 1. The molecule has 1 aromatic carbocycles. The molecule has 3 rings (SSSR count). The van der Waals surface area contributed by atoms with Crippen molar-refractivity contribution in [2.75, 3.05) is 33.4 Å². The molecule has 1 saturated carbocycles. The molecule has 0 atom stereocenters. The Kier molecular flexibility index (Phi) is 7.55. The Morgan fingerprint density at radius 2 is 2.00 bits per heavy atom. The molecule has 5 heteroatoms. The predicted octanol–water partition coefficient (Wildman–Crippen LogP) is 3.24. The molecule has 0 saturated heterocycles. The molecule has 2 aliphatic rings. The molecular formula is C19H28IN3O. The summed E-state index contributed by atoms with van der Waals surface area (Å²) >= 11 is 0. The molecule has 0 bridgehead atoms. The Morgan fingerprint density at radius 1 is 1.21 bits per heavy atom. The average molecular weight is 441 g/mol. The predicted molar refractivity (Wildman–Crippen MR) is 110 cm³/mol. The van der Waals surface area contributed by atoms with Crippen molar-refractivity contribution < 1.29 is 4.74 Å². The molecule has 1 heterocycles. The van der Waals surface area contributed by atoms with Gasteiger partial charge in [-0.05, 0) is 31.2 Å². The van der Waals surface area contributed by atoms with Crippen molar-refractivity contribution in [3.8, 4) is 0 Å². The normalized spacial score (nSPS) is 19.0. The Hall–Kier alpha value is -1.08. The van der Waals surface area contributed by atoms with Gasteiger partial charge in [-0.15, -0.1) is 24.0 Å². The van der Waals surface area contributed by atoms with Gasteiger partial charge in [0.25, 0.3) is 0 Å². The summed E-state index contributed by atoms with van der Waals surface area (Å²) in [4.78, 5) is 4.35. The number of hydrogen-bond donors (Lipinski definition) is 2. The maximum atomic E-state index is 5.34. The molecular weight excluding hydrogens is 413 g/mol. The van der Waals surface area contributed by atoms with Gasteiger partial charge in [0, 0.05) is 25.6 Å². The van der Waals surface area contributed by atoms with Crippen LogP contribution in [0.1, 0.15) is 31.2 Å². The molecule has 0 aromatic heterocycles. The minimum absolute atomic E-state index is 0. The molecule has 4 nitrogen and oxygen atoms in total. The monoisotopic (exact) mass is 441 g/mol. The number of benzene rings is 1. The molecule has 0 amide bonds. The Morgan fingerprint density at radius 3 is 2.62 bits per heavy atom. The highest BCUT2D eigenvalue weighted by atomic mass is 127. The molecule has 0 radical (unpaired) electrons. The van der Waals surface area contributed by atoms with Gasteiger partial charge in [-0.2, -0.15) is 0 Å². The number of ether oxygens (including phenoxy) is 1. The van der Waals surface area contributed by atoms with Crippen LogP contribution in [-0.2, 0) is 10.2 Å². The fourth-order valence-corrected chi connectivity index (χ4v) is 3.12. The molecule has 2 N–H and O–H groups in total. The van der Waals surface area contributed by atoms with E-state index in [0.717, 1.165) is 45.1 Å². The Balaban J connectivity index is 0.00000208. The van der Waals surface area contributed by atoms with E-state index in [1.54, 1.807) is 0 Å². The highest BCUT2D eigenvalue weighted by Crippen LogP contribution is 2.47. The van der Waals surface area contributed by atoms with Crippen LogP contribution in [0.2, 0.25) is 0 Å². The van der Waals surface area contributed by atoms with Gasteiger partial charge in [-0.1, -0.05) is 42.0 Å². The van der Waals surface area contributed by atoms with E-state index in [4.69, 9.17) is 4.74 Å². The average Bonchev–Trinajstić information content (AvgIpc) is 3.41. The van der Waals surface area contributed by atoms with Crippen molar-refractivity contribution in [3.05, 3.63) is 47.5 Å². The lowest BCUT2D eigenvalue weighted by Gasteiger charge is -2.19. The van der Waals surface area contributed by atoms with Gasteiger partial charge in [0.15, 0.2) is 5.96 Å². The molecule has 1 aliphatic carbocycles. The molecule has 1 aliphatic heterocycles. The fourth-order valence-electron chi connectivity index (χ4n) is 3.12. The molecule has 0 spiro atoms. The number of halogens is 1. The summed E-state index contributed by atoms with van der Waals surface area (Å²) in [7, 11) is 1.84. The maximum Gasteiger partial charge on any atom is 0.191 e. The van der Waals surface area contributed by atoms with E-state index < -0.39 is 0 Å². The zero-order valence-corrected chi connectivity index (χ0v) is 16.7. The first-order valence-electron chi connectivity index (χ1n) is 8.58. The van der Waals surface area contributed by atoms with Crippen LogP contribution in [0, 0.1) is 0 Å². The molecule has 1 fully saturated rings. The summed E-state index contributed by atoms with van der Waals surface area (Å²) < 4.78 is 5.34. The fraction of sp³-hybridized carbons (Fsp3) is 0.526. The van der Waals surface area contributed by atoms with Crippen molar-refractivity contribution in [1.29, 1.82) is 0 Å². The first kappa shape index (κ1) is 19.2. The van der Waals surface area contributed by atoms with E-state index in [1.165, 1.54) is 24.0 Å². The van der Waals surface area contributed by atoms with Crippen molar-refractivity contribution in [3.63, 3.8) is 0 Å². The van der Waals surface area contributed by atoms with Crippen molar-refractivity contribution in [2.45, 2.75) is 31.1 Å². The van der Waals surface area contributed by atoms with Crippen LogP contribution < -0.4 is 10.6 Å². The van der Waals surface area contributed by atoms with Crippen LogP contribution in [0.15, 0.2) is 47.0 Å². The van der Waals surface area contributed by atoms with Gasteiger partial charge in [-0.25, -0.2) is 0 Å². The first-order valence-corrected chi connectivity index (χ1v) is 8.58. The largest absolute Gasteiger partial charge is 0.377 e.